The summed E-state index contributed by atoms with van der Waals surface area (Å²) in [7, 11) is 0. The SMILES string of the molecule is CC(C)(CCCCCCc1ccccc1)Cc1cccc(O)c1CC(C)(C)CCCCCCc1ccccc1. The average Bonchev–Trinajstić information content (AvgIpc) is 2.91. The van der Waals surface area contributed by atoms with Crippen molar-refractivity contribution >= 4 is 0 Å². The second-order valence-electron chi connectivity index (χ2n) is 13.4. The van der Waals surface area contributed by atoms with Crippen LogP contribution >= 0.6 is 0 Å². The zero-order chi connectivity index (χ0) is 28.0. The van der Waals surface area contributed by atoms with Crippen molar-refractivity contribution in [1.82, 2.24) is 0 Å². The van der Waals surface area contributed by atoms with Gasteiger partial charge in [-0.1, -0.05) is 139 Å². The van der Waals surface area contributed by atoms with Crippen LogP contribution in [0.4, 0.5) is 0 Å². The molecular formula is C38H54O. The molecular weight excluding hydrogens is 472 g/mol. The molecule has 0 saturated heterocycles. The van der Waals surface area contributed by atoms with Crippen LogP contribution in [0.1, 0.15) is 114 Å². The van der Waals surface area contributed by atoms with Gasteiger partial charge in [-0.15, -0.1) is 0 Å². The van der Waals surface area contributed by atoms with E-state index in [4.69, 9.17) is 0 Å². The van der Waals surface area contributed by atoms with Crippen molar-refractivity contribution in [3.63, 3.8) is 0 Å². The van der Waals surface area contributed by atoms with Crippen LogP contribution in [0, 0.1) is 10.8 Å². The van der Waals surface area contributed by atoms with Gasteiger partial charge in [0.2, 0.25) is 0 Å². The molecule has 0 aliphatic rings. The summed E-state index contributed by atoms with van der Waals surface area (Å²) >= 11 is 0. The quantitative estimate of drug-likeness (QED) is 0.163. The van der Waals surface area contributed by atoms with E-state index in [1.807, 2.05) is 12.1 Å². The summed E-state index contributed by atoms with van der Waals surface area (Å²) in [5.74, 6) is 0.486. The Morgan fingerprint density at radius 1 is 0.487 bits per heavy atom. The number of phenols is 1. The van der Waals surface area contributed by atoms with E-state index >= 15 is 0 Å². The Labute approximate surface area is 240 Å². The smallest absolute Gasteiger partial charge is 0.119 e. The number of rotatable bonds is 18. The molecule has 0 amide bonds. The number of hydrogen-bond acceptors (Lipinski definition) is 1. The summed E-state index contributed by atoms with van der Waals surface area (Å²) in [5, 5.41) is 10.9. The normalized spacial score (nSPS) is 12.1. The van der Waals surface area contributed by atoms with Crippen LogP contribution in [0.15, 0.2) is 78.9 Å². The van der Waals surface area contributed by atoms with Gasteiger partial charge in [-0.25, -0.2) is 0 Å². The number of unbranched alkanes of at least 4 members (excludes halogenated alkanes) is 6. The minimum atomic E-state index is 0.190. The van der Waals surface area contributed by atoms with Gasteiger partial charge >= 0.3 is 0 Å². The Balaban J connectivity index is 1.41. The molecule has 3 aromatic carbocycles. The zero-order valence-corrected chi connectivity index (χ0v) is 25.4. The lowest BCUT2D eigenvalue weighted by Crippen LogP contribution is -2.20. The molecule has 0 aromatic heterocycles. The molecule has 212 valence electrons. The first-order chi connectivity index (χ1) is 18.7. The van der Waals surface area contributed by atoms with Crippen LogP contribution < -0.4 is 0 Å². The van der Waals surface area contributed by atoms with Crippen molar-refractivity contribution in [2.24, 2.45) is 10.8 Å². The molecule has 0 radical (unpaired) electrons. The van der Waals surface area contributed by atoms with Crippen LogP contribution in [0.5, 0.6) is 5.75 Å². The Morgan fingerprint density at radius 3 is 1.46 bits per heavy atom. The van der Waals surface area contributed by atoms with Crippen molar-refractivity contribution < 1.29 is 5.11 Å². The lowest BCUT2D eigenvalue weighted by molar-refractivity contribution is 0.300. The molecule has 0 atom stereocenters. The minimum absolute atomic E-state index is 0.190. The van der Waals surface area contributed by atoms with Gasteiger partial charge in [0.05, 0.1) is 0 Å². The van der Waals surface area contributed by atoms with Gasteiger partial charge < -0.3 is 5.11 Å². The van der Waals surface area contributed by atoms with E-state index in [-0.39, 0.29) is 10.8 Å². The van der Waals surface area contributed by atoms with E-state index in [1.54, 1.807) is 0 Å². The Morgan fingerprint density at radius 2 is 0.949 bits per heavy atom. The van der Waals surface area contributed by atoms with E-state index in [1.165, 1.54) is 99.3 Å². The minimum Gasteiger partial charge on any atom is -0.508 e. The summed E-state index contributed by atoms with van der Waals surface area (Å²) in [4.78, 5) is 0. The third kappa shape index (κ3) is 12.0. The molecule has 0 heterocycles. The maximum atomic E-state index is 10.9. The average molecular weight is 527 g/mol. The van der Waals surface area contributed by atoms with Crippen LogP contribution in [-0.2, 0) is 25.7 Å². The first-order valence-electron chi connectivity index (χ1n) is 15.6. The molecule has 0 aliphatic carbocycles. The fourth-order valence-electron chi connectivity index (χ4n) is 6.02. The van der Waals surface area contributed by atoms with E-state index in [9.17, 15) is 5.11 Å². The summed E-state index contributed by atoms with van der Waals surface area (Å²) in [5.41, 5.74) is 5.87. The molecule has 0 unspecified atom stereocenters. The highest BCUT2D eigenvalue weighted by Gasteiger charge is 2.25. The fourth-order valence-corrected chi connectivity index (χ4v) is 6.02. The highest BCUT2D eigenvalue weighted by Crippen LogP contribution is 2.37. The van der Waals surface area contributed by atoms with Gasteiger partial charge in [0.1, 0.15) is 5.75 Å². The standard InChI is InChI=1S/C38H54O/c1-37(2,28-17-7-5-11-20-32-22-13-9-14-23-32)30-34-26-19-27-36(39)35(34)31-38(3,4)29-18-8-6-12-21-33-24-15-10-16-25-33/h9-10,13-16,19,22-27,39H,5-8,11-12,17-18,20-21,28-31H2,1-4H3. The number of hydrogen-bond donors (Lipinski definition) is 1. The third-order valence-electron chi connectivity index (χ3n) is 8.40. The Bertz CT molecular complexity index is 1060. The number of aryl methyl sites for hydroxylation is 2. The molecule has 1 N–H and O–H groups in total. The number of aromatic hydroxyl groups is 1. The van der Waals surface area contributed by atoms with Gasteiger partial charge in [0.25, 0.3) is 0 Å². The van der Waals surface area contributed by atoms with Crippen molar-refractivity contribution in [1.29, 1.82) is 0 Å². The third-order valence-corrected chi connectivity index (χ3v) is 8.40. The molecule has 39 heavy (non-hydrogen) atoms. The first-order valence-corrected chi connectivity index (χ1v) is 15.6. The van der Waals surface area contributed by atoms with Gasteiger partial charge in [0, 0.05) is 0 Å². The molecule has 0 aliphatic heterocycles. The molecule has 0 fully saturated rings. The first kappa shape index (κ1) is 31.0. The Hall–Kier alpha value is -2.54. The van der Waals surface area contributed by atoms with Gasteiger partial charge in [-0.2, -0.15) is 0 Å². The van der Waals surface area contributed by atoms with Crippen molar-refractivity contribution in [3.05, 3.63) is 101 Å². The molecule has 1 heteroatoms. The lowest BCUT2D eigenvalue weighted by atomic mass is 9.76. The molecule has 3 aromatic rings. The van der Waals surface area contributed by atoms with Crippen LogP contribution in [-0.4, -0.2) is 5.11 Å². The highest BCUT2D eigenvalue weighted by molar-refractivity contribution is 5.40. The zero-order valence-electron chi connectivity index (χ0n) is 25.4. The number of benzene rings is 3. The molecule has 0 saturated carbocycles. The topological polar surface area (TPSA) is 20.2 Å². The summed E-state index contributed by atoms with van der Waals surface area (Å²) in [6.45, 7) is 9.58. The lowest BCUT2D eigenvalue weighted by Gasteiger charge is -2.30. The predicted octanol–water partition coefficient (Wildman–Crippen LogP) is 10.9. The maximum absolute atomic E-state index is 10.9. The molecule has 1 nitrogen and oxygen atoms in total. The second kappa shape index (κ2) is 15.9. The summed E-state index contributed by atoms with van der Waals surface area (Å²) < 4.78 is 0. The Kier molecular flexibility index (Phi) is 12.6. The van der Waals surface area contributed by atoms with Crippen LogP contribution in [0.2, 0.25) is 0 Å². The molecule has 0 spiro atoms. The van der Waals surface area contributed by atoms with Crippen LogP contribution in [0.3, 0.4) is 0 Å². The molecule has 3 rings (SSSR count). The van der Waals surface area contributed by atoms with E-state index < -0.39 is 0 Å². The van der Waals surface area contributed by atoms with Gasteiger partial charge in [0.15, 0.2) is 0 Å². The largest absolute Gasteiger partial charge is 0.508 e. The van der Waals surface area contributed by atoms with Gasteiger partial charge in [-0.05, 0) is 90.5 Å². The fraction of sp³-hybridized carbons (Fsp3) is 0.526. The van der Waals surface area contributed by atoms with E-state index in [0.717, 1.165) is 12.8 Å². The van der Waals surface area contributed by atoms with Crippen molar-refractivity contribution in [3.8, 4) is 5.75 Å². The van der Waals surface area contributed by atoms with Crippen LogP contribution in [0.25, 0.3) is 0 Å². The highest BCUT2D eigenvalue weighted by atomic mass is 16.3. The summed E-state index contributed by atoms with van der Waals surface area (Å²) in [6.07, 6.45) is 17.1. The van der Waals surface area contributed by atoms with E-state index in [2.05, 4.69) is 94.4 Å². The molecule has 0 bridgehead atoms. The predicted molar refractivity (Wildman–Crippen MR) is 170 cm³/mol. The maximum Gasteiger partial charge on any atom is 0.119 e. The summed E-state index contributed by atoms with van der Waals surface area (Å²) in [6, 6.07) is 27.9. The van der Waals surface area contributed by atoms with Gasteiger partial charge in [-0.3, -0.25) is 0 Å². The van der Waals surface area contributed by atoms with Crippen molar-refractivity contribution in [2.75, 3.05) is 0 Å². The second-order valence-corrected chi connectivity index (χ2v) is 13.4. The van der Waals surface area contributed by atoms with E-state index in [0.29, 0.717) is 5.75 Å². The van der Waals surface area contributed by atoms with Crippen molar-refractivity contribution in [2.45, 2.75) is 118 Å². The number of phenolic OH excluding ortho intramolecular Hbond substituents is 1. The monoisotopic (exact) mass is 526 g/mol.